The molecule has 0 unspecified atom stereocenters. The number of carbonyl (C=O) groups is 2. The quantitative estimate of drug-likeness (QED) is 0.820. The second kappa shape index (κ2) is 4.76. The molecule has 1 aromatic heterocycles. The van der Waals surface area contributed by atoms with E-state index in [1.807, 2.05) is 5.38 Å². The van der Waals surface area contributed by atoms with Gasteiger partial charge in [0, 0.05) is 13.6 Å². The van der Waals surface area contributed by atoms with Crippen LogP contribution in [0.15, 0.2) is 17.5 Å². The smallest absolute Gasteiger partial charge is 0.305 e. The fourth-order valence-electron chi connectivity index (χ4n) is 0.953. The molecule has 0 radical (unpaired) electrons. The highest BCUT2D eigenvalue weighted by Gasteiger charge is 2.12. The Bertz CT molecular complexity index is 321. The van der Waals surface area contributed by atoms with E-state index in [9.17, 15) is 9.59 Å². The summed E-state index contributed by atoms with van der Waals surface area (Å²) in [6.45, 7) is 0.242. The van der Waals surface area contributed by atoms with E-state index in [0.717, 1.165) is 0 Å². The molecule has 4 nitrogen and oxygen atoms in total. The van der Waals surface area contributed by atoms with Gasteiger partial charge in [-0.25, -0.2) is 0 Å². The molecule has 14 heavy (non-hydrogen) atoms. The van der Waals surface area contributed by atoms with E-state index < -0.39 is 5.97 Å². The first kappa shape index (κ1) is 10.7. The molecule has 1 aromatic rings. The number of amides is 1. The van der Waals surface area contributed by atoms with Crippen molar-refractivity contribution in [3.8, 4) is 0 Å². The standard InChI is InChI=1S/C9H11NO3S/c1-10(5-4-8(11)12)9(13)7-3-2-6-14-7/h2-3,6H,4-5H2,1H3,(H,11,12). The minimum absolute atomic E-state index is 0.0202. The molecule has 1 amide bonds. The third-order valence-corrected chi connectivity index (χ3v) is 2.60. The number of hydrogen-bond acceptors (Lipinski definition) is 3. The Labute approximate surface area is 85.8 Å². The minimum atomic E-state index is -0.893. The fourth-order valence-corrected chi connectivity index (χ4v) is 1.67. The number of nitrogens with zero attached hydrogens (tertiary/aromatic N) is 1. The van der Waals surface area contributed by atoms with E-state index in [2.05, 4.69) is 0 Å². The van der Waals surface area contributed by atoms with Crippen molar-refractivity contribution in [1.82, 2.24) is 4.90 Å². The molecule has 1 heterocycles. The van der Waals surface area contributed by atoms with Crippen LogP contribution in [0.25, 0.3) is 0 Å². The average molecular weight is 213 g/mol. The molecule has 0 fully saturated rings. The molecular weight excluding hydrogens is 202 g/mol. The second-order valence-electron chi connectivity index (χ2n) is 2.85. The summed E-state index contributed by atoms with van der Waals surface area (Å²) < 4.78 is 0. The van der Waals surface area contributed by atoms with Crippen LogP contribution in [0.3, 0.4) is 0 Å². The molecule has 1 rings (SSSR count). The van der Waals surface area contributed by atoms with Crippen LogP contribution in [0.2, 0.25) is 0 Å². The van der Waals surface area contributed by atoms with Crippen LogP contribution in [0.4, 0.5) is 0 Å². The van der Waals surface area contributed by atoms with Crippen molar-refractivity contribution >= 4 is 23.2 Å². The second-order valence-corrected chi connectivity index (χ2v) is 3.80. The zero-order valence-electron chi connectivity index (χ0n) is 7.77. The summed E-state index contributed by atoms with van der Waals surface area (Å²) >= 11 is 1.35. The number of hydrogen-bond donors (Lipinski definition) is 1. The molecule has 0 aliphatic rings. The zero-order chi connectivity index (χ0) is 10.6. The highest BCUT2D eigenvalue weighted by atomic mass is 32.1. The summed E-state index contributed by atoms with van der Waals surface area (Å²) in [6, 6.07) is 3.52. The Morgan fingerprint density at radius 3 is 2.79 bits per heavy atom. The van der Waals surface area contributed by atoms with Crippen molar-refractivity contribution in [2.75, 3.05) is 13.6 Å². The van der Waals surface area contributed by atoms with Crippen LogP contribution in [0.5, 0.6) is 0 Å². The number of thiophene rings is 1. The molecular formula is C9H11NO3S. The van der Waals surface area contributed by atoms with Crippen molar-refractivity contribution in [2.24, 2.45) is 0 Å². The summed E-state index contributed by atoms with van der Waals surface area (Å²) in [5.41, 5.74) is 0. The molecule has 0 atom stereocenters. The van der Waals surface area contributed by atoms with E-state index in [4.69, 9.17) is 5.11 Å². The van der Waals surface area contributed by atoms with Crippen LogP contribution >= 0.6 is 11.3 Å². The van der Waals surface area contributed by atoms with E-state index in [-0.39, 0.29) is 18.9 Å². The van der Waals surface area contributed by atoms with Gasteiger partial charge in [0.05, 0.1) is 11.3 Å². The maximum Gasteiger partial charge on any atom is 0.305 e. The van der Waals surface area contributed by atoms with Gasteiger partial charge in [-0.15, -0.1) is 11.3 Å². The van der Waals surface area contributed by atoms with Gasteiger partial charge < -0.3 is 10.0 Å². The molecule has 0 aliphatic heterocycles. The van der Waals surface area contributed by atoms with E-state index in [0.29, 0.717) is 4.88 Å². The van der Waals surface area contributed by atoms with Gasteiger partial charge in [0.15, 0.2) is 0 Å². The van der Waals surface area contributed by atoms with Gasteiger partial charge in [0.25, 0.3) is 5.91 Å². The van der Waals surface area contributed by atoms with Crippen molar-refractivity contribution in [3.05, 3.63) is 22.4 Å². The normalized spacial score (nSPS) is 9.79. The Morgan fingerprint density at radius 1 is 1.57 bits per heavy atom. The third kappa shape index (κ3) is 2.85. The lowest BCUT2D eigenvalue weighted by Gasteiger charge is -2.14. The first-order valence-electron chi connectivity index (χ1n) is 4.12. The SMILES string of the molecule is CN(CCC(=O)O)C(=O)c1cccs1. The van der Waals surface area contributed by atoms with Crippen LogP contribution in [0, 0.1) is 0 Å². The van der Waals surface area contributed by atoms with Crippen LogP contribution in [-0.2, 0) is 4.79 Å². The summed E-state index contributed by atoms with van der Waals surface area (Å²) in [5.74, 6) is -1.02. The van der Waals surface area contributed by atoms with E-state index in [1.165, 1.54) is 16.2 Å². The summed E-state index contributed by atoms with van der Waals surface area (Å²) in [7, 11) is 1.60. The number of aliphatic carboxylic acids is 1. The summed E-state index contributed by atoms with van der Waals surface area (Å²) in [4.78, 5) is 23.9. The van der Waals surface area contributed by atoms with Crippen molar-refractivity contribution < 1.29 is 14.7 Å². The van der Waals surface area contributed by atoms with Crippen molar-refractivity contribution in [2.45, 2.75) is 6.42 Å². The molecule has 0 bridgehead atoms. The minimum Gasteiger partial charge on any atom is -0.481 e. The van der Waals surface area contributed by atoms with Gasteiger partial charge in [-0.2, -0.15) is 0 Å². The molecule has 5 heteroatoms. The van der Waals surface area contributed by atoms with Crippen molar-refractivity contribution in [1.29, 1.82) is 0 Å². The Morgan fingerprint density at radius 2 is 2.29 bits per heavy atom. The molecule has 76 valence electrons. The lowest BCUT2D eigenvalue weighted by atomic mass is 10.3. The van der Waals surface area contributed by atoms with E-state index in [1.54, 1.807) is 19.2 Å². The van der Waals surface area contributed by atoms with Crippen molar-refractivity contribution in [3.63, 3.8) is 0 Å². The Balaban J connectivity index is 2.49. The lowest BCUT2D eigenvalue weighted by molar-refractivity contribution is -0.137. The van der Waals surface area contributed by atoms with Gasteiger partial charge in [-0.1, -0.05) is 6.07 Å². The summed E-state index contributed by atoms with van der Waals surface area (Å²) in [6.07, 6.45) is -0.0202. The van der Waals surface area contributed by atoms with Gasteiger partial charge in [0.1, 0.15) is 0 Å². The molecule has 0 saturated heterocycles. The average Bonchev–Trinajstić information content (AvgIpc) is 2.65. The van der Waals surface area contributed by atoms with E-state index >= 15 is 0 Å². The topological polar surface area (TPSA) is 57.6 Å². The van der Waals surface area contributed by atoms with Gasteiger partial charge in [-0.05, 0) is 11.4 Å². The largest absolute Gasteiger partial charge is 0.481 e. The maximum atomic E-state index is 11.6. The number of carbonyl (C=O) groups excluding carboxylic acids is 1. The van der Waals surface area contributed by atoms with Crippen LogP contribution < -0.4 is 0 Å². The van der Waals surface area contributed by atoms with Gasteiger partial charge in [-0.3, -0.25) is 9.59 Å². The third-order valence-electron chi connectivity index (χ3n) is 1.74. The van der Waals surface area contributed by atoms with Gasteiger partial charge >= 0.3 is 5.97 Å². The molecule has 0 aromatic carbocycles. The fraction of sp³-hybridized carbons (Fsp3) is 0.333. The molecule has 1 N–H and O–H groups in total. The highest BCUT2D eigenvalue weighted by Crippen LogP contribution is 2.10. The lowest BCUT2D eigenvalue weighted by Crippen LogP contribution is -2.28. The van der Waals surface area contributed by atoms with Gasteiger partial charge in [0.2, 0.25) is 0 Å². The summed E-state index contributed by atoms with van der Waals surface area (Å²) in [5, 5.41) is 10.3. The predicted octanol–water partition coefficient (Wildman–Crippen LogP) is 1.29. The predicted molar refractivity (Wildman–Crippen MR) is 53.5 cm³/mol. The monoisotopic (exact) mass is 213 g/mol. The molecule has 0 aliphatic carbocycles. The first-order chi connectivity index (χ1) is 6.61. The zero-order valence-corrected chi connectivity index (χ0v) is 8.58. The molecule has 0 saturated carbocycles. The number of carboxylic acid groups (broad SMARTS) is 1. The Kier molecular flexibility index (Phi) is 3.64. The number of rotatable bonds is 4. The molecule has 0 spiro atoms. The Hall–Kier alpha value is -1.36. The maximum absolute atomic E-state index is 11.6. The number of carboxylic acids is 1. The van der Waals surface area contributed by atoms with Crippen LogP contribution in [0.1, 0.15) is 16.1 Å². The van der Waals surface area contributed by atoms with Crippen LogP contribution in [-0.4, -0.2) is 35.5 Å². The highest BCUT2D eigenvalue weighted by molar-refractivity contribution is 7.12. The first-order valence-corrected chi connectivity index (χ1v) is 5.00.